The number of hydrogen-bond donors (Lipinski definition) is 1. The molecule has 0 radical (unpaired) electrons. The average molecular weight is 359 g/mol. The van der Waals surface area contributed by atoms with E-state index in [-0.39, 0.29) is 11.9 Å². The second-order valence-corrected chi connectivity index (χ2v) is 8.19. The summed E-state index contributed by atoms with van der Waals surface area (Å²) in [4.78, 5) is 17.7. The van der Waals surface area contributed by atoms with Crippen molar-refractivity contribution in [1.29, 1.82) is 0 Å². The first kappa shape index (κ1) is 17.9. The van der Waals surface area contributed by atoms with E-state index in [0.717, 1.165) is 88.8 Å². The van der Waals surface area contributed by atoms with Crippen LogP contribution >= 0.6 is 0 Å². The molecule has 4 nitrogen and oxygen atoms in total. The van der Waals surface area contributed by atoms with E-state index in [2.05, 4.69) is 15.1 Å². The van der Waals surface area contributed by atoms with Crippen LogP contribution in [-0.4, -0.2) is 54.5 Å². The van der Waals surface area contributed by atoms with Crippen molar-refractivity contribution >= 4 is 5.91 Å². The third-order valence-electron chi connectivity index (χ3n) is 6.53. The van der Waals surface area contributed by atoms with Crippen molar-refractivity contribution in [3.63, 3.8) is 0 Å². The number of likely N-dealkylation sites (tertiary alicyclic amines) is 2. The van der Waals surface area contributed by atoms with Gasteiger partial charge in [-0.2, -0.15) is 0 Å². The van der Waals surface area contributed by atoms with Crippen molar-refractivity contribution in [3.05, 3.63) is 35.6 Å². The summed E-state index contributed by atoms with van der Waals surface area (Å²) in [5.74, 6) is 1.60. The lowest BCUT2D eigenvalue weighted by Gasteiger charge is -2.37. The lowest BCUT2D eigenvalue weighted by atomic mass is 9.92. The number of halogens is 1. The highest BCUT2D eigenvalue weighted by molar-refractivity contribution is 5.82. The summed E-state index contributed by atoms with van der Waals surface area (Å²) < 4.78 is 13.2. The molecule has 3 saturated heterocycles. The lowest BCUT2D eigenvalue weighted by Crippen LogP contribution is -2.50. The Balaban J connectivity index is 1.41. The van der Waals surface area contributed by atoms with E-state index in [1.165, 1.54) is 12.1 Å². The molecule has 1 unspecified atom stereocenters. The van der Waals surface area contributed by atoms with Crippen molar-refractivity contribution in [2.45, 2.75) is 44.7 Å². The zero-order chi connectivity index (χ0) is 17.9. The van der Waals surface area contributed by atoms with E-state index >= 15 is 0 Å². The fourth-order valence-electron chi connectivity index (χ4n) is 4.93. The number of rotatable bonds is 3. The van der Waals surface area contributed by atoms with Gasteiger partial charge in [0.25, 0.3) is 0 Å². The van der Waals surface area contributed by atoms with Gasteiger partial charge in [-0.1, -0.05) is 18.6 Å². The summed E-state index contributed by atoms with van der Waals surface area (Å²) in [6.45, 7) is 5.74. The molecule has 142 valence electrons. The lowest BCUT2D eigenvalue weighted by molar-refractivity contribution is -0.138. The number of piperidine rings is 1. The van der Waals surface area contributed by atoms with E-state index in [1.54, 1.807) is 0 Å². The molecule has 1 aromatic carbocycles. The monoisotopic (exact) mass is 359 g/mol. The van der Waals surface area contributed by atoms with Gasteiger partial charge in [0, 0.05) is 19.6 Å². The number of carbonyl (C=O) groups is 1. The summed E-state index contributed by atoms with van der Waals surface area (Å²) in [5, 5.41) is 3.50. The minimum absolute atomic E-state index is 0.00938. The number of carbonyl (C=O) groups excluding carboxylic acids is 1. The van der Waals surface area contributed by atoms with Gasteiger partial charge in [0.15, 0.2) is 0 Å². The molecule has 0 aliphatic carbocycles. The topological polar surface area (TPSA) is 35.6 Å². The normalized spacial score (nSPS) is 30.0. The van der Waals surface area contributed by atoms with Crippen LogP contribution in [0.2, 0.25) is 0 Å². The second kappa shape index (κ2) is 8.05. The molecular formula is C21H30FN3O. The maximum Gasteiger partial charge on any atom is 0.239 e. The van der Waals surface area contributed by atoms with Crippen molar-refractivity contribution in [2.24, 2.45) is 11.8 Å². The number of fused-ring (bicyclic) bond motifs is 1. The van der Waals surface area contributed by atoms with Gasteiger partial charge in [0.1, 0.15) is 5.82 Å². The van der Waals surface area contributed by atoms with Crippen LogP contribution in [0.1, 0.15) is 37.7 Å². The largest absolute Gasteiger partial charge is 0.341 e. The minimum Gasteiger partial charge on any atom is -0.341 e. The third kappa shape index (κ3) is 3.94. The van der Waals surface area contributed by atoms with Gasteiger partial charge >= 0.3 is 0 Å². The highest BCUT2D eigenvalue weighted by Gasteiger charge is 2.36. The first-order chi connectivity index (χ1) is 12.7. The Morgan fingerprint density at radius 3 is 2.38 bits per heavy atom. The maximum absolute atomic E-state index is 13.3. The van der Waals surface area contributed by atoms with Gasteiger partial charge in [-0.3, -0.25) is 9.69 Å². The zero-order valence-electron chi connectivity index (χ0n) is 15.5. The molecule has 1 N–H and O–H groups in total. The number of hydrogen-bond acceptors (Lipinski definition) is 3. The Bertz CT molecular complexity index is 606. The summed E-state index contributed by atoms with van der Waals surface area (Å²) in [5.41, 5.74) is 1.09. The molecule has 3 aliphatic heterocycles. The smallest absolute Gasteiger partial charge is 0.239 e. The van der Waals surface area contributed by atoms with Crippen molar-refractivity contribution in [2.75, 3.05) is 32.7 Å². The third-order valence-corrected chi connectivity index (χ3v) is 6.53. The average Bonchev–Trinajstić information content (AvgIpc) is 3.02. The standard InChI is InChI=1S/C21H30FN3O/c22-19-6-4-16(5-7-19)15-25-10-2-1-3-20(25)21(26)24-11-8-17-13-23-14-18(17)9-12-24/h4-7,17-18,20,23H,1-3,8-15H2/t17-,18+,20?. The van der Waals surface area contributed by atoms with E-state index in [4.69, 9.17) is 0 Å². The Hall–Kier alpha value is -1.46. The van der Waals surface area contributed by atoms with Gasteiger partial charge in [0.05, 0.1) is 6.04 Å². The highest BCUT2D eigenvalue weighted by Crippen LogP contribution is 2.29. The van der Waals surface area contributed by atoms with Crippen LogP contribution in [0.3, 0.4) is 0 Å². The zero-order valence-corrected chi connectivity index (χ0v) is 15.5. The molecular weight excluding hydrogens is 329 g/mol. The number of nitrogens with zero attached hydrogens (tertiary/aromatic N) is 2. The second-order valence-electron chi connectivity index (χ2n) is 8.19. The van der Waals surface area contributed by atoms with E-state index in [9.17, 15) is 9.18 Å². The van der Waals surface area contributed by atoms with Gasteiger partial charge in [0.2, 0.25) is 5.91 Å². The molecule has 0 bridgehead atoms. The van der Waals surface area contributed by atoms with Gasteiger partial charge in [-0.25, -0.2) is 4.39 Å². The first-order valence-electron chi connectivity index (χ1n) is 10.2. The molecule has 4 rings (SSSR count). The molecule has 26 heavy (non-hydrogen) atoms. The number of amides is 1. The van der Waals surface area contributed by atoms with Crippen LogP contribution in [-0.2, 0) is 11.3 Å². The Morgan fingerprint density at radius 2 is 1.69 bits per heavy atom. The quantitative estimate of drug-likeness (QED) is 0.901. The van der Waals surface area contributed by atoms with E-state index < -0.39 is 0 Å². The predicted octanol–water partition coefficient (Wildman–Crippen LogP) is 2.64. The van der Waals surface area contributed by atoms with Crippen LogP contribution < -0.4 is 5.32 Å². The van der Waals surface area contributed by atoms with E-state index in [1.807, 2.05) is 12.1 Å². The Morgan fingerprint density at radius 1 is 1.00 bits per heavy atom. The maximum atomic E-state index is 13.3. The summed E-state index contributed by atoms with van der Waals surface area (Å²) >= 11 is 0. The highest BCUT2D eigenvalue weighted by atomic mass is 19.1. The fourth-order valence-corrected chi connectivity index (χ4v) is 4.93. The predicted molar refractivity (Wildman–Crippen MR) is 100 cm³/mol. The van der Waals surface area contributed by atoms with Crippen LogP contribution in [0.4, 0.5) is 4.39 Å². The van der Waals surface area contributed by atoms with Gasteiger partial charge < -0.3 is 10.2 Å². The minimum atomic E-state index is -0.204. The molecule has 0 spiro atoms. The van der Waals surface area contributed by atoms with Crippen molar-refractivity contribution in [1.82, 2.24) is 15.1 Å². The molecule has 1 aromatic rings. The molecule has 3 atom stereocenters. The van der Waals surface area contributed by atoms with Crippen molar-refractivity contribution < 1.29 is 9.18 Å². The summed E-state index contributed by atoms with van der Waals surface area (Å²) in [7, 11) is 0. The van der Waals surface area contributed by atoms with Crippen LogP contribution in [0.25, 0.3) is 0 Å². The molecule has 3 aliphatic rings. The molecule has 0 aromatic heterocycles. The molecule has 5 heteroatoms. The van der Waals surface area contributed by atoms with Crippen molar-refractivity contribution in [3.8, 4) is 0 Å². The van der Waals surface area contributed by atoms with Crippen LogP contribution in [0.5, 0.6) is 0 Å². The SMILES string of the molecule is O=C(C1CCCCN1Cc1ccc(F)cc1)N1CC[C@@H]2CNC[C@@H]2CC1. The Labute approximate surface area is 155 Å². The summed E-state index contributed by atoms with van der Waals surface area (Å²) in [6.07, 6.45) is 5.48. The fraction of sp³-hybridized carbons (Fsp3) is 0.667. The number of nitrogens with one attached hydrogen (secondary N) is 1. The molecule has 3 fully saturated rings. The first-order valence-corrected chi connectivity index (χ1v) is 10.2. The molecule has 3 heterocycles. The van der Waals surface area contributed by atoms with E-state index in [0.29, 0.717) is 5.91 Å². The van der Waals surface area contributed by atoms with Gasteiger partial charge in [-0.15, -0.1) is 0 Å². The Kier molecular flexibility index (Phi) is 5.55. The summed E-state index contributed by atoms with van der Waals surface area (Å²) in [6, 6.07) is 6.69. The number of benzene rings is 1. The van der Waals surface area contributed by atoms with Gasteiger partial charge in [-0.05, 0) is 74.8 Å². The van der Waals surface area contributed by atoms with Crippen LogP contribution in [0.15, 0.2) is 24.3 Å². The molecule has 0 saturated carbocycles. The van der Waals surface area contributed by atoms with Crippen LogP contribution in [0, 0.1) is 17.7 Å². The molecule has 1 amide bonds.